The van der Waals surface area contributed by atoms with E-state index in [0.717, 1.165) is 10.0 Å². The molecule has 1 heterocycles. The minimum atomic E-state index is -0.585. The zero-order valence-electron chi connectivity index (χ0n) is 10.6. The van der Waals surface area contributed by atoms with Gasteiger partial charge in [-0.1, -0.05) is 28.1 Å². The monoisotopic (exact) mass is 358 g/mol. The van der Waals surface area contributed by atoms with E-state index in [-0.39, 0.29) is 5.88 Å². The summed E-state index contributed by atoms with van der Waals surface area (Å²) in [6.07, 6.45) is 0. The number of ether oxygens (including phenoxy) is 1. The van der Waals surface area contributed by atoms with Crippen LogP contribution in [0.5, 0.6) is 0 Å². The topological polar surface area (TPSA) is 67.4 Å². The Bertz CT molecular complexity index is 571. The first-order valence-corrected chi connectivity index (χ1v) is 7.10. The quantitative estimate of drug-likeness (QED) is 0.643. The summed E-state index contributed by atoms with van der Waals surface area (Å²) in [5.74, 6) is -0.508. The average molecular weight is 360 g/mol. The van der Waals surface area contributed by atoms with Gasteiger partial charge in [0.1, 0.15) is 0 Å². The molecule has 2 N–H and O–H groups in total. The number of allylic oxidation sites excluding steroid dienone is 1. The molecular weight excluding hydrogens is 348 g/mol. The van der Waals surface area contributed by atoms with E-state index in [1.165, 1.54) is 7.11 Å². The van der Waals surface area contributed by atoms with Crippen LogP contribution in [0.15, 0.2) is 40.0 Å². The summed E-state index contributed by atoms with van der Waals surface area (Å²) in [4.78, 5) is 23.6. The fourth-order valence-electron chi connectivity index (χ4n) is 1.98. The third-order valence-electron chi connectivity index (χ3n) is 2.90. The van der Waals surface area contributed by atoms with E-state index >= 15 is 0 Å². The van der Waals surface area contributed by atoms with Crippen molar-refractivity contribution < 1.29 is 14.3 Å². The van der Waals surface area contributed by atoms with Gasteiger partial charge < -0.3 is 15.4 Å². The maximum absolute atomic E-state index is 12.0. The largest absolute Gasteiger partial charge is 0.466 e. The van der Waals surface area contributed by atoms with E-state index in [9.17, 15) is 9.59 Å². The highest BCUT2D eigenvalue weighted by Gasteiger charge is 2.32. The molecule has 0 saturated heterocycles. The summed E-state index contributed by atoms with van der Waals surface area (Å²) in [6.45, 7) is 0. The number of carbonyl (C=O) groups excluding carboxylic acids is 2. The van der Waals surface area contributed by atoms with Crippen molar-refractivity contribution in [2.45, 2.75) is 6.04 Å². The lowest BCUT2D eigenvalue weighted by Crippen LogP contribution is -2.46. The van der Waals surface area contributed by atoms with Crippen LogP contribution in [-0.4, -0.2) is 25.0 Å². The smallest absolute Gasteiger partial charge is 0.338 e. The minimum Gasteiger partial charge on any atom is -0.466 e. The van der Waals surface area contributed by atoms with Gasteiger partial charge in [0, 0.05) is 10.2 Å². The van der Waals surface area contributed by atoms with Gasteiger partial charge in [0.05, 0.1) is 24.6 Å². The Morgan fingerprint density at radius 3 is 2.60 bits per heavy atom. The molecule has 0 unspecified atom stereocenters. The first-order valence-electron chi connectivity index (χ1n) is 5.77. The molecule has 2 amide bonds. The molecule has 0 fully saturated rings. The maximum atomic E-state index is 12.0. The summed E-state index contributed by atoms with van der Waals surface area (Å²) in [5.41, 5.74) is 1.44. The van der Waals surface area contributed by atoms with Crippen molar-refractivity contribution in [3.63, 3.8) is 0 Å². The highest BCUT2D eigenvalue weighted by Crippen LogP contribution is 2.28. The van der Waals surface area contributed by atoms with Crippen LogP contribution in [0, 0.1) is 0 Å². The number of hydrogen-bond donors (Lipinski definition) is 2. The lowest BCUT2D eigenvalue weighted by molar-refractivity contribution is -0.136. The first-order chi connectivity index (χ1) is 9.56. The second-order valence-corrected chi connectivity index (χ2v) is 5.28. The van der Waals surface area contributed by atoms with E-state index in [2.05, 4.69) is 26.6 Å². The normalized spacial score (nSPS) is 18.4. The van der Waals surface area contributed by atoms with Crippen LogP contribution in [0.4, 0.5) is 4.79 Å². The van der Waals surface area contributed by atoms with Gasteiger partial charge in [-0.15, -0.1) is 11.6 Å². The Kier molecular flexibility index (Phi) is 4.67. The number of amides is 2. The molecule has 0 aromatic heterocycles. The highest BCUT2D eigenvalue weighted by atomic mass is 79.9. The van der Waals surface area contributed by atoms with Crippen molar-refractivity contribution >= 4 is 39.5 Å². The van der Waals surface area contributed by atoms with Gasteiger partial charge in [0.15, 0.2) is 0 Å². The van der Waals surface area contributed by atoms with E-state index in [1.54, 1.807) is 0 Å². The molecule has 0 spiro atoms. The Morgan fingerprint density at radius 1 is 1.40 bits per heavy atom. The summed E-state index contributed by atoms with van der Waals surface area (Å²) in [5, 5.41) is 5.23. The minimum absolute atomic E-state index is 0.0187. The SMILES string of the molecule is COC(=O)C1=C(CCl)NC(=O)N[C@@H]1c1ccc(Br)cc1. The van der Waals surface area contributed by atoms with Gasteiger partial charge in [-0.05, 0) is 17.7 Å². The highest BCUT2D eigenvalue weighted by molar-refractivity contribution is 9.10. The molecule has 20 heavy (non-hydrogen) atoms. The number of halogens is 2. The van der Waals surface area contributed by atoms with Gasteiger partial charge in [-0.25, -0.2) is 9.59 Å². The van der Waals surface area contributed by atoms with Crippen LogP contribution in [-0.2, 0) is 9.53 Å². The van der Waals surface area contributed by atoms with Crippen molar-refractivity contribution in [2.24, 2.45) is 0 Å². The fourth-order valence-corrected chi connectivity index (χ4v) is 2.45. The summed E-state index contributed by atoms with van der Waals surface area (Å²) in [6, 6.07) is 6.31. The molecule has 1 aliphatic heterocycles. The molecule has 5 nitrogen and oxygen atoms in total. The number of benzene rings is 1. The Morgan fingerprint density at radius 2 is 2.05 bits per heavy atom. The second kappa shape index (κ2) is 6.28. The van der Waals surface area contributed by atoms with Gasteiger partial charge in [-0.2, -0.15) is 0 Å². The van der Waals surface area contributed by atoms with Gasteiger partial charge in [0.25, 0.3) is 0 Å². The fraction of sp³-hybridized carbons (Fsp3) is 0.231. The molecule has 106 valence electrons. The molecule has 1 aromatic carbocycles. The lowest BCUT2D eigenvalue weighted by Gasteiger charge is -2.28. The molecule has 0 bridgehead atoms. The summed E-state index contributed by atoms with van der Waals surface area (Å²) in [7, 11) is 1.29. The van der Waals surface area contributed by atoms with Crippen LogP contribution < -0.4 is 10.6 Å². The third-order valence-corrected chi connectivity index (χ3v) is 3.69. The van der Waals surface area contributed by atoms with Crippen LogP contribution in [0.2, 0.25) is 0 Å². The first kappa shape index (κ1) is 14.9. The van der Waals surface area contributed by atoms with Crippen LogP contribution in [0.3, 0.4) is 0 Å². The van der Waals surface area contributed by atoms with E-state index < -0.39 is 18.0 Å². The third kappa shape index (κ3) is 2.96. The maximum Gasteiger partial charge on any atom is 0.338 e. The lowest BCUT2D eigenvalue weighted by atomic mass is 9.96. The molecule has 1 aromatic rings. The predicted octanol–water partition coefficient (Wildman–Crippen LogP) is 2.47. The van der Waals surface area contributed by atoms with Crippen molar-refractivity contribution in [2.75, 3.05) is 13.0 Å². The number of hydrogen-bond acceptors (Lipinski definition) is 3. The Balaban J connectivity index is 2.49. The molecule has 2 rings (SSSR count). The van der Waals surface area contributed by atoms with Crippen molar-refractivity contribution in [1.82, 2.24) is 10.6 Å². The molecule has 0 saturated carbocycles. The molecule has 7 heteroatoms. The zero-order chi connectivity index (χ0) is 14.7. The van der Waals surface area contributed by atoms with E-state index in [1.807, 2.05) is 24.3 Å². The molecular formula is C13H12BrClN2O3. The van der Waals surface area contributed by atoms with Crippen LogP contribution >= 0.6 is 27.5 Å². The van der Waals surface area contributed by atoms with Gasteiger partial charge in [-0.3, -0.25) is 0 Å². The number of alkyl halides is 1. The number of esters is 1. The second-order valence-electron chi connectivity index (χ2n) is 4.10. The summed E-state index contributed by atoms with van der Waals surface area (Å²) >= 11 is 9.14. The van der Waals surface area contributed by atoms with E-state index in [4.69, 9.17) is 16.3 Å². The molecule has 0 radical (unpaired) electrons. The number of rotatable bonds is 3. The van der Waals surface area contributed by atoms with Crippen LogP contribution in [0.25, 0.3) is 0 Å². The van der Waals surface area contributed by atoms with Crippen LogP contribution in [0.1, 0.15) is 11.6 Å². The number of nitrogens with one attached hydrogen (secondary N) is 2. The molecule has 0 aliphatic carbocycles. The zero-order valence-corrected chi connectivity index (χ0v) is 12.9. The standard InChI is InChI=1S/C13H12BrClN2O3/c1-20-12(18)10-9(6-15)16-13(19)17-11(10)7-2-4-8(14)5-3-7/h2-5,11H,6H2,1H3,(H2,16,17,19)/t11-/m1/s1. The molecule has 1 atom stereocenters. The van der Waals surface area contributed by atoms with E-state index in [0.29, 0.717) is 11.3 Å². The Labute approximate surface area is 129 Å². The number of methoxy groups -OCH3 is 1. The number of urea groups is 1. The van der Waals surface area contributed by atoms with Gasteiger partial charge >= 0.3 is 12.0 Å². The average Bonchev–Trinajstić information content (AvgIpc) is 2.46. The van der Waals surface area contributed by atoms with Crippen molar-refractivity contribution in [1.29, 1.82) is 0 Å². The summed E-state index contributed by atoms with van der Waals surface area (Å²) < 4.78 is 5.68. The van der Waals surface area contributed by atoms with Crippen molar-refractivity contribution in [3.8, 4) is 0 Å². The number of carbonyl (C=O) groups is 2. The van der Waals surface area contributed by atoms with Crippen molar-refractivity contribution in [3.05, 3.63) is 45.6 Å². The predicted molar refractivity (Wildman–Crippen MR) is 78.3 cm³/mol. The molecule has 1 aliphatic rings. The Hall–Kier alpha value is -1.53. The van der Waals surface area contributed by atoms with Gasteiger partial charge in [0.2, 0.25) is 0 Å².